The zero-order valence-corrected chi connectivity index (χ0v) is 12.5. The van der Waals surface area contributed by atoms with E-state index in [1.165, 1.54) is 17.1 Å². The second-order valence-corrected chi connectivity index (χ2v) is 4.93. The van der Waals surface area contributed by atoms with E-state index >= 15 is 0 Å². The fraction of sp³-hybridized carbons (Fsp3) is 0.615. The third-order valence-corrected chi connectivity index (χ3v) is 2.81. The number of hydrogen-bond donors (Lipinski definition) is 3. The van der Waals surface area contributed by atoms with Crippen molar-refractivity contribution in [3.8, 4) is 0 Å². The lowest BCUT2D eigenvalue weighted by atomic mass is 10.1. The van der Waals surface area contributed by atoms with Crippen molar-refractivity contribution < 1.29 is 19.4 Å². The van der Waals surface area contributed by atoms with Gasteiger partial charge in [0.2, 0.25) is 0 Å². The highest BCUT2D eigenvalue weighted by Gasteiger charge is 2.16. The van der Waals surface area contributed by atoms with Gasteiger partial charge in [0.25, 0.3) is 0 Å². The van der Waals surface area contributed by atoms with Gasteiger partial charge in [0.1, 0.15) is 6.54 Å². The van der Waals surface area contributed by atoms with Crippen LogP contribution >= 0.6 is 0 Å². The SMILES string of the molecule is CCOCC(NC(=O)Nc1cnn(CC(=O)O)c1)C(C)C. The number of carbonyl (C=O) groups is 2. The standard InChI is InChI=1S/C13H22N4O4/c1-4-21-8-11(9(2)3)16-13(20)15-10-5-14-17(6-10)7-12(18)19/h5-6,9,11H,4,7-8H2,1-3H3,(H,18,19)(H2,15,16,20). The summed E-state index contributed by atoms with van der Waals surface area (Å²) >= 11 is 0. The molecule has 0 aliphatic rings. The predicted octanol–water partition coefficient (Wildman–Crippen LogP) is 1.15. The van der Waals surface area contributed by atoms with Gasteiger partial charge in [-0.1, -0.05) is 13.8 Å². The first-order chi connectivity index (χ1) is 9.92. The van der Waals surface area contributed by atoms with E-state index in [1.54, 1.807) is 0 Å². The van der Waals surface area contributed by atoms with Crippen LogP contribution in [0.1, 0.15) is 20.8 Å². The van der Waals surface area contributed by atoms with Crippen molar-refractivity contribution in [2.75, 3.05) is 18.5 Å². The van der Waals surface area contributed by atoms with Crippen LogP contribution in [0.2, 0.25) is 0 Å². The van der Waals surface area contributed by atoms with Gasteiger partial charge in [0.05, 0.1) is 24.5 Å². The Morgan fingerprint density at radius 2 is 2.19 bits per heavy atom. The first-order valence-electron chi connectivity index (χ1n) is 6.81. The molecule has 1 unspecified atom stereocenters. The molecule has 1 heterocycles. The summed E-state index contributed by atoms with van der Waals surface area (Å²) in [7, 11) is 0. The predicted molar refractivity (Wildman–Crippen MR) is 77.1 cm³/mol. The number of carboxylic acids is 1. The highest BCUT2D eigenvalue weighted by Crippen LogP contribution is 2.06. The number of hydrogen-bond acceptors (Lipinski definition) is 4. The van der Waals surface area contributed by atoms with Crippen molar-refractivity contribution in [2.45, 2.75) is 33.4 Å². The second kappa shape index (κ2) is 8.25. The summed E-state index contributed by atoms with van der Waals surface area (Å²) in [5.41, 5.74) is 0.438. The molecule has 0 fully saturated rings. The Hall–Kier alpha value is -2.09. The number of amides is 2. The summed E-state index contributed by atoms with van der Waals surface area (Å²) in [6, 6.07) is -0.470. The smallest absolute Gasteiger partial charge is 0.325 e. The molecule has 0 aromatic carbocycles. The van der Waals surface area contributed by atoms with E-state index in [0.29, 0.717) is 18.9 Å². The molecule has 0 bridgehead atoms. The lowest BCUT2D eigenvalue weighted by Crippen LogP contribution is -2.43. The Bertz CT molecular complexity index is 472. The molecule has 0 saturated heterocycles. The Morgan fingerprint density at radius 1 is 1.48 bits per heavy atom. The molecule has 0 saturated carbocycles. The molecular formula is C13H22N4O4. The number of aromatic nitrogens is 2. The van der Waals surface area contributed by atoms with Gasteiger partial charge in [-0.25, -0.2) is 4.79 Å². The molecule has 8 nitrogen and oxygen atoms in total. The van der Waals surface area contributed by atoms with Crippen molar-refractivity contribution in [1.82, 2.24) is 15.1 Å². The van der Waals surface area contributed by atoms with Crippen LogP contribution in [0.5, 0.6) is 0 Å². The van der Waals surface area contributed by atoms with E-state index in [9.17, 15) is 9.59 Å². The van der Waals surface area contributed by atoms with Gasteiger partial charge in [0, 0.05) is 12.8 Å². The van der Waals surface area contributed by atoms with E-state index < -0.39 is 5.97 Å². The normalized spacial score (nSPS) is 12.2. The average molecular weight is 298 g/mol. The first-order valence-corrected chi connectivity index (χ1v) is 6.81. The minimum Gasteiger partial charge on any atom is -0.480 e. The van der Waals surface area contributed by atoms with Crippen molar-refractivity contribution in [3.63, 3.8) is 0 Å². The van der Waals surface area contributed by atoms with Crippen molar-refractivity contribution in [3.05, 3.63) is 12.4 Å². The molecule has 3 N–H and O–H groups in total. The molecule has 0 aliphatic heterocycles. The molecule has 1 aromatic rings. The topological polar surface area (TPSA) is 105 Å². The van der Waals surface area contributed by atoms with Crippen LogP contribution < -0.4 is 10.6 Å². The summed E-state index contributed by atoms with van der Waals surface area (Å²) in [6.07, 6.45) is 2.86. The van der Waals surface area contributed by atoms with Crippen LogP contribution in [0.15, 0.2) is 12.4 Å². The summed E-state index contributed by atoms with van der Waals surface area (Å²) in [5.74, 6) is -0.761. The quantitative estimate of drug-likeness (QED) is 0.667. The number of carboxylic acid groups (broad SMARTS) is 1. The zero-order chi connectivity index (χ0) is 15.8. The Labute approximate surface area is 123 Å². The van der Waals surface area contributed by atoms with E-state index in [1.807, 2.05) is 20.8 Å². The van der Waals surface area contributed by atoms with Crippen LogP contribution in [0.25, 0.3) is 0 Å². The van der Waals surface area contributed by atoms with E-state index in [0.717, 1.165) is 0 Å². The maximum atomic E-state index is 11.9. The van der Waals surface area contributed by atoms with Crippen LogP contribution in [-0.4, -0.2) is 46.1 Å². The number of nitrogens with one attached hydrogen (secondary N) is 2. The third kappa shape index (κ3) is 6.26. The van der Waals surface area contributed by atoms with Crippen LogP contribution in [0, 0.1) is 5.92 Å². The molecule has 2 amide bonds. The minimum absolute atomic E-state index is 0.0981. The van der Waals surface area contributed by atoms with Crippen LogP contribution in [0.4, 0.5) is 10.5 Å². The van der Waals surface area contributed by atoms with E-state index in [-0.39, 0.29) is 24.5 Å². The lowest BCUT2D eigenvalue weighted by molar-refractivity contribution is -0.137. The number of urea groups is 1. The van der Waals surface area contributed by atoms with Gasteiger partial charge in [-0.3, -0.25) is 9.48 Å². The fourth-order valence-electron chi connectivity index (χ4n) is 1.63. The Morgan fingerprint density at radius 3 is 2.76 bits per heavy atom. The minimum atomic E-state index is -0.995. The van der Waals surface area contributed by atoms with Gasteiger partial charge in [-0.2, -0.15) is 5.10 Å². The summed E-state index contributed by atoms with van der Waals surface area (Å²) in [5, 5.41) is 17.9. The lowest BCUT2D eigenvalue weighted by Gasteiger charge is -2.22. The average Bonchev–Trinajstić information content (AvgIpc) is 2.80. The summed E-state index contributed by atoms with van der Waals surface area (Å²) < 4.78 is 6.57. The van der Waals surface area contributed by atoms with Crippen molar-refractivity contribution in [2.24, 2.45) is 5.92 Å². The number of rotatable bonds is 8. The molecule has 118 valence electrons. The second-order valence-electron chi connectivity index (χ2n) is 4.93. The van der Waals surface area contributed by atoms with Crippen LogP contribution in [-0.2, 0) is 16.1 Å². The molecule has 0 spiro atoms. The monoisotopic (exact) mass is 298 g/mol. The van der Waals surface area contributed by atoms with Crippen LogP contribution in [0.3, 0.4) is 0 Å². The molecule has 1 atom stereocenters. The highest BCUT2D eigenvalue weighted by molar-refractivity contribution is 5.89. The zero-order valence-electron chi connectivity index (χ0n) is 12.5. The maximum Gasteiger partial charge on any atom is 0.325 e. The third-order valence-electron chi connectivity index (χ3n) is 2.81. The maximum absolute atomic E-state index is 11.9. The number of carbonyl (C=O) groups excluding carboxylic acids is 1. The molecule has 0 aliphatic carbocycles. The van der Waals surface area contributed by atoms with Crippen molar-refractivity contribution >= 4 is 17.7 Å². The Balaban J connectivity index is 2.51. The fourth-order valence-corrected chi connectivity index (χ4v) is 1.63. The molecule has 1 rings (SSSR count). The number of nitrogens with zero attached hydrogens (tertiary/aromatic N) is 2. The van der Waals surface area contributed by atoms with Gasteiger partial charge in [-0.15, -0.1) is 0 Å². The van der Waals surface area contributed by atoms with Gasteiger partial charge in [-0.05, 0) is 12.8 Å². The number of aliphatic carboxylic acids is 1. The summed E-state index contributed by atoms with van der Waals surface area (Å²) in [4.78, 5) is 22.4. The van der Waals surface area contributed by atoms with Gasteiger partial charge in [0.15, 0.2) is 0 Å². The summed E-state index contributed by atoms with van der Waals surface area (Å²) in [6.45, 7) is 6.68. The molecule has 0 radical (unpaired) electrons. The first kappa shape index (κ1) is 17.0. The molecule has 1 aromatic heterocycles. The number of ether oxygens (including phenoxy) is 1. The van der Waals surface area contributed by atoms with Gasteiger partial charge < -0.3 is 20.5 Å². The largest absolute Gasteiger partial charge is 0.480 e. The van der Waals surface area contributed by atoms with Gasteiger partial charge >= 0.3 is 12.0 Å². The highest BCUT2D eigenvalue weighted by atomic mass is 16.5. The van der Waals surface area contributed by atoms with E-state index in [2.05, 4.69) is 15.7 Å². The van der Waals surface area contributed by atoms with E-state index in [4.69, 9.17) is 9.84 Å². The number of anilines is 1. The molecule has 8 heteroatoms. The van der Waals surface area contributed by atoms with Crippen molar-refractivity contribution in [1.29, 1.82) is 0 Å². The Kier molecular flexibility index (Phi) is 6.67. The molecular weight excluding hydrogens is 276 g/mol. The molecule has 21 heavy (non-hydrogen) atoms.